The van der Waals surface area contributed by atoms with Crippen molar-refractivity contribution in [1.29, 1.82) is 0 Å². The molecule has 0 unspecified atom stereocenters. The lowest BCUT2D eigenvalue weighted by atomic mass is 10.2. The summed E-state index contributed by atoms with van der Waals surface area (Å²) in [4.78, 5) is 12.9. The Balaban J connectivity index is 1.83. The van der Waals surface area contributed by atoms with Crippen molar-refractivity contribution in [3.63, 3.8) is 0 Å². The van der Waals surface area contributed by atoms with Crippen LogP contribution < -0.4 is 15.4 Å². The molecule has 0 amide bonds. The quantitative estimate of drug-likeness (QED) is 0.492. The molecule has 0 aliphatic rings. The number of nitrogens with one attached hydrogen (secondary N) is 2. The maximum Gasteiger partial charge on any atom is 0.411 e. The summed E-state index contributed by atoms with van der Waals surface area (Å²) in [6, 6.07) is 7.08. The van der Waals surface area contributed by atoms with Crippen LogP contribution in [0.4, 0.5) is 30.6 Å². The zero-order chi connectivity index (χ0) is 23.3. The number of nitrogens with zero attached hydrogens (tertiary/aromatic N) is 4. The molecule has 3 rings (SSSR count). The minimum atomic E-state index is -4.40. The average molecular weight is 450 g/mol. The monoisotopic (exact) mass is 450 g/mol. The Labute approximate surface area is 183 Å². The molecule has 0 saturated carbocycles. The van der Waals surface area contributed by atoms with Gasteiger partial charge in [-0.2, -0.15) is 18.2 Å². The van der Waals surface area contributed by atoms with Crippen molar-refractivity contribution in [2.75, 3.05) is 24.4 Å². The summed E-state index contributed by atoms with van der Waals surface area (Å²) in [7, 11) is 1.56. The minimum absolute atomic E-state index is 0.0692. The first kappa shape index (κ1) is 23.3. The van der Waals surface area contributed by atoms with Gasteiger partial charge in [-0.15, -0.1) is 0 Å². The number of alkyl halides is 3. The second-order valence-electron chi connectivity index (χ2n) is 7.41. The van der Waals surface area contributed by atoms with E-state index in [4.69, 9.17) is 9.47 Å². The van der Waals surface area contributed by atoms with Crippen LogP contribution in [0.3, 0.4) is 0 Å². The highest BCUT2D eigenvalue weighted by atomic mass is 19.4. The first-order valence-corrected chi connectivity index (χ1v) is 9.88. The number of halogens is 3. The molecule has 2 aromatic heterocycles. The van der Waals surface area contributed by atoms with E-state index in [1.807, 2.05) is 43.7 Å². The van der Waals surface area contributed by atoms with Crippen LogP contribution in [-0.2, 0) is 11.3 Å². The summed E-state index contributed by atoms with van der Waals surface area (Å²) >= 11 is 0. The molecule has 2 heterocycles. The lowest BCUT2D eigenvalue weighted by Crippen LogP contribution is -2.17. The van der Waals surface area contributed by atoms with E-state index in [0.717, 1.165) is 11.4 Å². The number of imidazole rings is 1. The van der Waals surface area contributed by atoms with Crippen LogP contribution in [0.1, 0.15) is 25.2 Å². The average Bonchev–Trinajstić information content (AvgIpc) is 3.12. The van der Waals surface area contributed by atoms with E-state index in [0.29, 0.717) is 22.9 Å². The highest BCUT2D eigenvalue weighted by Gasteiger charge is 2.27. The van der Waals surface area contributed by atoms with Crippen molar-refractivity contribution in [2.45, 2.75) is 39.6 Å². The number of ether oxygens (including phenoxy) is 2. The number of methoxy groups -OCH3 is 1. The molecule has 0 aliphatic heterocycles. The van der Waals surface area contributed by atoms with Gasteiger partial charge in [0.1, 0.15) is 18.2 Å². The van der Waals surface area contributed by atoms with Gasteiger partial charge in [0.05, 0.1) is 37.1 Å². The highest BCUT2D eigenvalue weighted by Crippen LogP contribution is 2.28. The van der Waals surface area contributed by atoms with E-state index in [1.54, 1.807) is 25.6 Å². The molecule has 0 fully saturated rings. The Hall–Kier alpha value is -3.34. The zero-order valence-electron chi connectivity index (χ0n) is 18.2. The van der Waals surface area contributed by atoms with E-state index in [2.05, 4.69) is 25.6 Å². The summed E-state index contributed by atoms with van der Waals surface area (Å²) < 4.78 is 49.3. The van der Waals surface area contributed by atoms with Gasteiger partial charge < -0.3 is 24.7 Å². The van der Waals surface area contributed by atoms with E-state index < -0.39 is 12.8 Å². The molecule has 0 bridgehead atoms. The molecule has 0 spiro atoms. The summed E-state index contributed by atoms with van der Waals surface area (Å²) in [6.07, 6.45) is -0.834. The van der Waals surface area contributed by atoms with Crippen molar-refractivity contribution in [3.8, 4) is 11.4 Å². The van der Waals surface area contributed by atoms with Gasteiger partial charge in [0.25, 0.3) is 0 Å². The molecule has 2 N–H and O–H groups in total. The second-order valence-corrected chi connectivity index (χ2v) is 7.41. The Kier molecular flexibility index (Phi) is 7.18. The maximum absolute atomic E-state index is 12.4. The Bertz CT molecular complexity index is 1050. The molecule has 172 valence electrons. The van der Waals surface area contributed by atoms with Gasteiger partial charge >= 0.3 is 6.18 Å². The maximum atomic E-state index is 12.4. The third-order valence-electron chi connectivity index (χ3n) is 4.16. The van der Waals surface area contributed by atoms with Gasteiger partial charge in [-0.25, -0.2) is 9.97 Å². The fraction of sp³-hybridized carbons (Fsp3) is 0.381. The predicted octanol–water partition coefficient (Wildman–Crippen LogP) is 4.62. The molecule has 8 nitrogen and oxygen atoms in total. The first-order chi connectivity index (χ1) is 15.1. The molecule has 3 aromatic rings. The van der Waals surface area contributed by atoms with Gasteiger partial charge in [0.2, 0.25) is 5.95 Å². The highest BCUT2D eigenvalue weighted by molar-refractivity contribution is 5.62. The largest absolute Gasteiger partial charge is 0.494 e. The number of rotatable bonds is 9. The van der Waals surface area contributed by atoms with Gasteiger partial charge in [-0.05, 0) is 32.9 Å². The van der Waals surface area contributed by atoms with Gasteiger partial charge in [-0.3, -0.25) is 0 Å². The Morgan fingerprint density at radius 1 is 1.16 bits per heavy atom. The normalized spacial score (nSPS) is 11.6. The van der Waals surface area contributed by atoms with Crippen LogP contribution in [-0.4, -0.2) is 45.5 Å². The second kappa shape index (κ2) is 9.86. The first-order valence-electron chi connectivity index (χ1n) is 9.88. The number of anilines is 3. The third kappa shape index (κ3) is 6.58. The number of aryl methyl sites for hydroxylation is 1. The van der Waals surface area contributed by atoms with Crippen molar-refractivity contribution < 1.29 is 22.6 Å². The van der Waals surface area contributed by atoms with Crippen LogP contribution in [0, 0.1) is 6.92 Å². The number of hydrogen-bond donors (Lipinski definition) is 2. The fourth-order valence-corrected chi connectivity index (χ4v) is 2.92. The molecule has 1 aromatic carbocycles. The van der Waals surface area contributed by atoms with E-state index in [-0.39, 0.29) is 18.6 Å². The minimum Gasteiger partial charge on any atom is -0.494 e. The molecule has 0 radical (unpaired) electrons. The Morgan fingerprint density at radius 3 is 2.56 bits per heavy atom. The molecule has 32 heavy (non-hydrogen) atoms. The predicted molar refractivity (Wildman–Crippen MR) is 115 cm³/mol. The van der Waals surface area contributed by atoms with Crippen LogP contribution in [0.15, 0.2) is 36.8 Å². The molecule has 0 saturated heterocycles. The van der Waals surface area contributed by atoms with Crippen LogP contribution in [0.2, 0.25) is 0 Å². The van der Waals surface area contributed by atoms with Crippen LogP contribution in [0.25, 0.3) is 5.69 Å². The van der Waals surface area contributed by atoms with Crippen LogP contribution >= 0.6 is 0 Å². The SMILES string of the molecule is COc1cc(Nc2nc(COCC(F)(F)F)cc(NC(C)C)n2)ccc1-n1cnc(C)c1. The summed E-state index contributed by atoms with van der Waals surface area (Å²) in [6.45, 7) is 4.10. The van der Waals surface area contributed by atoms with Crippen molar-refractivity contribution in [3.05, 3.63) is 48.2 Å². The molecular weight excluding hydrogens is 425 g/mol. The molecular formula is C21H25F3N6O2. The number of benzene rings is 1. The third-order valence-corrected chi connectivity index (χ3v) is 4.16. The van der Waals surface area contributed by atoms with Gasteiger partial charge in [-0.1, -0.05) is 0 Å². The topological polar surface area (TPSA) is 86.1 Å². The summed E-state index contributed by atoms with van der Waals surface area (Å²) in [5.74, 6) is 1.28. The zero-order valence-corrected chi connectivity index (χ0v) is 18.2. The van der Waals surface area contributed by atoms with Gasteiger partial charge in [0.15, 0.2) is 0 Å². The van der Waals surface area contributed by atoms with E-state index in [9.17, 15) is 13.2 Å². The van der Waals surface area contributed by atoms with Gasteiger partial charge in [0, 0.05) is 30.1 Å². The van der Waals surface area contributed by atoms with E-state index >= 15 is 0 Å². The lowest BCUT2D eigenvalue weighted by molar-refractivity contribution is -0.176. The Morgan fingerprint density at radius 2 is 1.94 bits per heavy atom. The fourth-order valence-electron chi connectivity index (χ4n) is 2.92. The molecule has 11 heteroatoms. The molecule has 0 atom stereocenters. The summed E-state index contributed by atoms with van der Waals surface area (Å²) in [5, 5.41) is 6.21. The van der Waals surface area contributed by atoms with Crippen molar-refractivity contribution >= 4 is 17.5 Å². The van der Waals surface area contributed by atoms with Crippen molar-refractivity contribution in [2.24, 2.45) is 0 Å². The standard InChI is InChI=1S/C21H25F3N6O2/c1-13(2)26-19-8-16(10-32-11-21(22,23)24)28-20(29-19)27-15-5-6-17(18(7-15)31-4)30-9-14(3)25-12-30/h5-9,12-13H,10-11H2,1-4H3,(H2,26,27,28,29). The van der Waals surface area contributed by atoms with Crippen molar-refractivity contribution in [1.82, 2.24) is 19.5 Å². The molecule has 0 aliphatic carbocycles. The van der Waals surface area contributed by atoms with Crippen LogP contribution in [0.5, 0.6) is 5.75 Å². The number of aromatic nitrogens is 4. The number of hydrogen-bond acceptors (Lipinski definition) is 7. The summed E-state index contributed by atoms with van der Waals surface area (Å²) in [5.41, 5.74) is 2.63. The smallest absolute Gasteiger partial charge is 0.411 e. The van der Waals surface area contributed by atoms with E-state index in [1.165, 1.54) is 0 Å². The lowest BCUT2D eigenvalue weighted by Gasteiger charge is -2.15.